The predicted molar refractivity (Wildman–Crippen MR) is 132 cm³/mol. The maximum atomic E-state index is 13.4. The van der Waals surface area contributed by atoms with Gasteiger partial charge in [-0.1, -0.05) is 12.1 Å². The van der Waals surface area contributed by atoms with Crippen molar-refractivity contribution in [2.45, 2.75) is 52.1 Å². The van der Waals surface area contributed by atoms with E-state index in [9.17, 15) is 9.59 Å². The molecular weight excluding hydrogens is 444 g/mol. The fraction of sp³-hybridized carbons (Fsp3) is 0.423. The van der Waals surface area contributed by atoms with Gasteiger partial charge in [0, 0.05) is 36.8 Å². The summed E-state index contributed by atoms with van der Waals surface area (Å²) < 4.78 is 1.96. The molecule has 1 aromatic carbocycles. The van der Waals surface area contributed by atoms with Crippen LogP contribution in [0.2, 0.25) is 0 Å². The summed E-state index contributed by atoms with van der Waals surface area (Å²) in [6.07, 6.45) is 4.62. The Hall–Kier alpha value is -3.75. The quantitative estimate of drug-likeness (QED) is 0.548. The molecule has 0 saturated carbocycles. The molecule has 1 amide bonds. The fourth-order valence-electron chi connectivity index (χ4n) is 4.98. The molecule has 2 aliphatic rings. The van der Waals surface area contributed by atoms with Gasteiger partial charge >= 0.3 is 5.97 Å². The van der Waals surface area contributed by atoms with E-state index in [-0.39, 0.29) is 18.4 Å². The van der Waals surface area contributed by atoms with Gasteiger partial charge in [-0.3, -0.25) is 14.5 Å². The average Bonchev–Trinajstić information content (AvgIpc) is 3.48. The van der Waals surface area contributed by atoms with E-state index in [0.29, 0.717) is 35.4 Å². The number of aliphatic carboxylic acids is 1. The Kier molecular flexibility index (Phi) is 6.23. The Morgan fingerprint density at radius 2 is 1.97 bits per heavy atom. The second-order valence-electron chi connectivity index (χ2n) is 9.63. The van der Waals surface area contributed by atoms with Crippen LogP contribution in [0.4, 0.5) is 11.5 Å². The van der Waals surface area contributed by atoms with Crippen molar-refractivity contribution in [1.82, 2.24) is 19.7 Å². The molecule has 1 fully saturated rings. The second-order valence-corrected chi connectivity index (χ2v) is 9.63. The van der Waals surface area contributed by atoms with Crippen molar-refractivity contribution < 1.29 is 14.7 Å². The van der Waals surface area contributed by atoms with E-state index in [1.807, 2.05) is 34.9 Å². The van der Waals surface area contributed by atoms with Crippen LogP contribution in [0.25, 0.3) is 11.5 Å². The molecule has 9 heteroatoms. The first-order valence-electron chi connectivity index (χ1n) is 12.2. The van der Waals surface area contributed by atoms with E-state index >= 15 is 0 Å². The number of carboxylic acid groups (broad SMARTS) is 1. The van der Waals surface area contributed by atoms with Gasteiger partial charge in [-0.15, -0.1) is 10.2 Å². The third-order valence-electron chi connectivity index (χ3n) is 7.01. The normalized spacial score (nSPS) is 16.3. The number of rotatable bonds is 7. The summed E-state index contributed by atoms with van der Waals surface area (Å²) >= 11 is 0. The zero-order valence-electron chi connectivity index (χ0n) is 20.1. The maximum Gasteiger partial charge on any atom is 0.303 e. The molecule has 3 aromatic rings. The number of hydrogen-bond acceptors (Lipinski definition) is 6. The molecule has 2 aromatic heterocycles. The molecule has 182 valence electrons. The number of piperidine rings is 1. The minimum Gasteiger partial charge on any atom is -0.481 e. The molecule has 0 radical (unpaired) electrons. The molecule has 0 atom stereocenters. The summed E-state index contributed by atoms with van der Waals surface area (Å²) in [6, 6.07) is 12.0. The zero-order valence-corrected chi connectivity index (χ0v) is 20.1. The lowest BCUT2D eigenvalue weighted by atomic mass is 9.92. The highest BCUT2D eigenvalue weighted by molar-refractivity contribution is 6.10. The summed E-state index contributed by atoms with van der Waals surface area (Å²) in [5, 5.41) is 17.2. The summed E-state index contributed by atoms with van der Waals surface area (Å²) in [7, 11) is 0. The van der Waals surface area contributed by atoms with Gasteiger partial charge < -0.3 is 14.6 Å². The minimum atomic E-state index is -0.726. The van der Waals surface area contributed by atoms with Gasteiger partial charge in [0.2, 0.25) is 0 Å². The first-order valence-corrected chi connectivity index (χ1v) is 12.2. The fourth-order valence-corrected chi connectivity index (χ4v) is 4.98. The van der Waals surface area contributed by atoms with E-state index in [0.717, 1.165) is 43.6 Å². The van der Waals surface area contributed by atoms with Crippen LogP contribution in [0, 0.1) is 5.92 Å². The molecular formula is C26H30N6O3. The van der Waals surface area contributed by atoms with E-state index in [1.54, 1.807) is 11.2 Å². The number of carbonyl (C=O) groups is 2. The predicted octanol–water partition coefficient (Wildman–Crippen LogP) is 4.16. The van der Waals surface area contributed by atoms with Gasteiger partial charge in [-0.25, -0.2) is 4.98 Å². The molecule has 0 bridgehead atoms. The van der Waals surface area contributed by atoms with Gasteiger partial charge in [0.05, 0.1) is 6.54 Å². The Balaban J connectivity index is 1.31. The smallest absolute Gasteiger partial charge is 0.303 e. The van der Waals surface area contributed by atoms with Gasteiger partial charge in [0.15, 0.2) is 5.82 Å². The molecule has 0 spiro atoms. The zero-order chi connectivity index (χ0) is 24.5. The number of aromatic nitrogens is 4. The van der Waals surface area contributed by atoms with Crippen molar-refractivity contribution >= 4 is 23.4 Å². The van der Waals surface area contributed by atoms with Crippen molar-refractivity contribution in [3.8, 4) is 11.5 Å². The van der Waals surface area contributed by atoms with Crippen LogP contribution in [0.3, 0.4) is 0 Å². The molecule has 1 saturated heterocycles. The maximum absolute atomic E-state index is 13.4. The van der Waals surface area contributed by atoms with E-state index < -0.39 is 5.97 Å². The van der Waals surface area contributed by atoms with Gasteiger partial charge in [-0.2, -0.15) is 0 Å². The number of anilines is 2. The number of benzene rings is 1. The molecule has 35 heavy (non-hydrogen) atoms. The summed E-state index contributed by atoms with van der Waals surface area (Å²) in [6.45, 7) is 6.36. The Bertz CT molecular complexity index is 1250. The van der Waals surface area contributed by atoms with Crippen LogP contribution in [0.15, 0.2) is 42.7 Å². The third kappa shape index (κ3) is 4.62. The molecule has 0 aliphatic carbocycles. The monoisotopic (exact) mass is 474 g/mol. The van der Waals surface area contributed by atoms with Gasteiger partial charge in [0.1, 0.15) is 17.8 Å². The van der Waals surface area contributed by atoms with E-state index in [1.165, 1.54) is 0 Å². The molecule has 0 unspecified atom stereocenters. The number of nitrogens with zero attached hydrogens (tertiary/aromatic N) is 6. The van der Waals surface area contributed by atoms with Crippen LogP contribution >= 0.6 is 0 Å². The number of carboxylic acids is 1. The highest BCUT2D eigenvalue weighted by atomic mass is 16.4. The van der Waals surface area contributed by atoms with Crippen molar-refractivity contribution in [3.05, 3.63) is 53.9 Å². The first-order chi connectivity index (χ1) is 16.9. The molecule has 1 N–H and O–H groups in total. The average molecular weight is 475 g/mol. The summed E-state index contributed by atoms with van der Waals surface area (Å²) in [5.74, 6) is 0.959. The summed E-state index contributed by atoms with van der Waals surface area (Å²) in [5.41, 5.74) is 3.44. The Morgan fingerprint density at radius 1 is 1.17 bits per heavy atom. The van der Waals surface area contributed by atoms with E-state index in [4.69, 9.17) is 10.1 Å². The minimum absolute atomic E-state index is 0.0480. The lowest BCUT2D eigenvalue weighted by Crippen LogP contribution is -2.34. The number of hydrogen-bond donors (Lipinski definition) is 1. The summed E-state index contributed by atoms with van der Waals surface area (Å²) in [4.78, 5) is 33.0. The van der Waals surface area contributed by atoms with Crippen LogP contribution in [0.5, 0.6) is 0 Å². The van der Waals surface area contributed by atoms with Crippen LogP contribution < -0.4 is 9.80 Å². The topological polar surface area (TPSA) is 104 Å². The SMILES string of the molecule is CC(C)n1cnnc1-c1cccc(N2Cc3ccc(N4CCC(CCC(=O)O)CC4)cc3C2=O)n1. The van der Waals surface area contributed by atoms with E-state index in [2.05, 4.69) is 35.0 Å². The highest BCUT2D eigenvalue weighted by Crippen LogP contribution is 2.33. The molecule has 2 aliphatic heterocycles. The van der Waals surface area contributed by atoms with Crippen molar-refractivity contribution in [2.75, 3.05) is 22.9 Å². The van der Waals surface area contributed by atoms with Crippen LogP contribution in [-0.4, -0.2) is 49.8 Å². The number of pyridine rings is 1. The lowest BCUT2D eigenvalue weighted by molar-refractivity contribution is -0.137. The number of carbonyl (C=O) groups excluding carboxylic acids is 1. The second kappa shape index (κ2) is 9.48. The Labute approximate surface area is 204 Å². The molecule has 5 rings (SSSR count). The molecule has 9 nitrogen and oxygen atoms in total. The third-order valence-corrected chi connectivity index (χ3v) is 7.01. The number of amides is 1. The van der Waals surface area contributed by atoms with Crippen molar-refractivity contribution in [3.63, 3.8) is 0 Å². The largest absolute Gasteiger partial charge is 0.481 e. The van der Waals surface area contributed by atoms with Crippen LogP contribution in [-0.2, 0) is 11.3 Å². The van der Waals surface area contributed by atoms with Crippen LogP contribution in [0.1, 0.15) is 61.5 Å². The standard InChI is InChI=1S/C26H30N6O3/c1-17(2)32-16-27-29-25(32)22-4-3-5-23(28-22)31-15-19-7-8-20(14-21(19)26(31)35)30-12-10-18(11-13-30)6-9-24(33)34/h3-5,7-8,14,16-18H,6,9-13,15H2,1-2H3,(H,33,34). The molecule has 4 heterocycles. The number of fused-ring (bicyclic) bond motifs is 1. The first kappa shape index (κ1) is 23.0. The Morgan fingerprint density at radius 3 is 2.71 bits per heavy atom. The van der Waals surface area contributed by atoms with Gasteiger partial charge in [-0.05, 0) is 68.9 Å². The lowest BCUT2D eigenvalue weighted by Gasteiger charge is -2.33. The van der Waals surface area contributed by atoms with Crippen molar-refractivity contribution in [1.29, 1.82) is 0 Å². The highest BCUT2D eigenvalue weighted by Gasteiger charge is 2.31. The van der Waals surface area contributed by atoms with Gasteiger partial charge in [0.25, 0.3) is 5.91 Å². The van der Waals surface area contributed by atoms with Crippen molar-refractivity contribution in [2.24, 2.45) is 5.92 Å².